The van der Waals surface area contributed by atoms with Crippen LogP contribution in [0, 0.1) is 0 Å². The molecular weight excluding hydrogens is 102 g/mol. The molecule has 1 rings (SSSR count). The monoisotopic (exact) mass is 113 g/mol. The molecule has 8 heavy (non-hydrogen) atoms. The number of ether oxygens (including phenoxy) is 1. The van der Waals surface area contributed by atoms with E-state index in [1.165, 1.54) is 0 Å². The summed E-state index contributed by atoms with van der Waals surface area (Å²) in [6.45, 7) is 1.99. The zero-order valence-electron chi connectivity index (χ0n) is 5.11. The zero-order valence-corrected chi connectivity index (χ0v) is 5.11. The number of hydrogen-bond donors (Lipinski definition) is 1. The minimum absolute atomic E-state index is 0.899. The van der Waals surface area contributed by atoms with Crippen LogP contribution in [0.3, 0.4) is 0 Å². The van der Waals surface area contributed by atoms with E-state index in [1.54, 1.807) is 7.11 Å². The second-order valence-electron chi connectivity index (χ2n) is 1.84. The fourth-order valence-corrected chi connectivity index (χ4v) is 0.774. The van der Waals surface area contributed by atoms with E-state index in [9.17, 15) is 0 Å². The van der Waals surface area contributed by atoms with Crippen LogP contribution < -0.4 is 5.32 Å². The average molecular weight is 113 g/mol. The van der Waals surface area contributed by atoms with Crippen molar-refractivity contribution in [2.45, 2.75) is 6.42 Å². The highest BCUT2D eigenvalue weighted by Crippen LogP contribution is 1.99. The molecule has 0 spiro atoms. The SMILES string of the molecule is COC1=CCCNC1. The topological polar surface area (TPSA) is 21.3 Å². The highest BCUT2D eigenvalue weighted by Gasteiger charge is 1.99. The van der Waals surface area contributed by atoms with Gasteiger partial charge in [0.05, 0.1) is 13.7 Å². The molecule has 1 aliphatic heterocycles. The lowest BCUT2D eigenvalue weighted by Gasteiger charge is -2.11. The van der Waals surface area contributed by atoms with Crippen molar-refractivity contribution < 1.29 is 4.74 Å². The molecule has 2 heteroatoms. The smallest absolute Gasteiger partial charge is 0.105 e. The van der Waals surface area contributed by atoms with Crippen LogP contribution in [0.25, 0.3) is 0 Å². The van der Waals surface area contributed by atoms with Gasteiger partial charge in [0, 0.05) is 0 Å². The lowest BCUT2D eigenvalue weighted by molar-refractivity contribution is 0.272. The van der Waals surface area contributed by atoms with E-state index in [4.69, 9.17) is 4.74 Å². The van der Waals surface area contributed by atoms with E-state index in [2.05, 4.69) is 11.4 Å². The van der Waals surface area contributed by atoms with Crippen LogP contribution in [0.15, 0.2) is 11.8 Å². The van der Waals surface area contributed by atoms with E-state index in [1.807, 2.05) is 0 Å². The van der Waals surface area contributed by atoms with Gasteiger partial charge in [0.2, 0.25) is 0 Å². The van der Waals surface area contributed by atoms with Gasteiger partial charge in [0.1, 0.15) is 5.76 Å². The molecule has 0 saturated heterocycles. The number of rotatable bonds is 1. The Hall–Kier alpha value is -0.500. The average Bonchev–Trinajstić information content (AvgIpc) is 1.90. The maximum Gasteiger partial charge on any atom is 0.105 e. The lowest BCUT2D eigenvalue weighted by Crippen LogP contribution is -2.22. The largest absolute Gasteiger partial charge is 0.500 e. The van der Waals surface area contributed by atoms with Crippen molar-refractivity contribution in [2.24, 2.45) is 0 Å². The summed E-state index contributed by atoms with van der Waals surface area (Å²) < 4.78 is 4.99. The highest BCUT2D eigenvalue weighted by atomic mass is 16.5. The molecule has 0 aromatic carbocycles. The van der Waals surface area contributed by atoms with Gasteiger partial charge in [-0.2, -0.15) is 0 Å². The first-order chi connectivity index (χ1) is 3.93. The molecule has 0 aliphatic carbocycles. The van der Waals surface area contributed by atoms with E-state index in [0.717, 1.165) is 25.3 Å². The molecule has 1 aliphatic rings. The molecular formula is C6H11NO. The fourth-order valence-electron chi connectivity index (χ4n) is 0.774. The first kappa shape index (κ1) is 5.63. The first-order valence-electron chi connectivity index (χ1n) is 2.87. The van der Waals surface area contributed by atoms with Gasteiger partial charge in [-0.1, -0.05) is 0 Å². The van der Waals surface area contributed by atoms with Crippen molar-refractivity contribution >= 4 is 0 Å². The standard InChI is InChI=1S/C6H11NO/c1-8-6-3-2-4-7-5-6/h3,7H,2,4-5H2,1H3. The molecule has 0 amide bonds. The van der Waals surface area contributed by atoms with Crippen molar-refractivity contribution in [1.29, 1.82) is 0 Å². The molecule has 0 aromatic heterocycles. The summed E-state index contributed by atoms with van der Waals surface area (Å²) in [7, 11) is 1.71. The Kier molecular flexibility index (Phi) is 1.92. The molecule has 0 fully saturated rings. The van der Waals surface area contributed by atoms with Gasteiger partial charge in [-0.25, -0.2) is 0 Å². The third-order valence-corrected chi connectivity index (χ3v) is 1.25. The summed E-state index contributed by atoms with van der Waals surface area (Å²) in [5.74, 6) is 1.07. The lowest BCUT2D eigenvalue weighted by atomic mass is 10.3. The van der Waals surface area contributed by atoms with E-state index in [0.29, 0.717) is 0 Å². The van der Waals surface area contributed by atoms with E-state index < -0.39 is 0 Å². The summed E-state index contributed by atoms with van der Waals surface area (Å²) in [5.41, 5.74) is 0. The highest BCUT2D eigenvalue weighted by molar-refractivity contribution is 4.98. The molecule has 1 N–H and O–H groups in total. The minimum atomic E-state index is 0.899. The zero-order chi connectivity index (χ0) is 5.82. The predicted molar refractivity (Wildman–Crippen MR) is 32.6 cm³/mol. The van der Waals surface area contributed by atoms with Crippen LogP contribution in [-0.2, 0) is 4.74 Å². The van der Waals surface area contributed by atoms with Crippen LogP contribution in [0.1, 0.15) is 6.42 Å². The van der Waals surface area contributed by atoms with Gasteiger partial charge in [-0.3, -0.25) is 0 Å². The Morgan fingerprint density at radius 1 is 1.75 bits per heavy atom. The summed E-state index contributed by atoms with van der Waals surface area (Å²) in [6.07, 6.45) is 3.22. The van der Waals surface area contributed by atoms with Gasteiger partial charge < -0.3 is 10.1 Å². The Morgan fingerprint density at radius 2 is 2.62 bits per heavy atom. The van der Waals surface area contributed by atoms with Crippen molar-refractivity contribution in [3.63, 3.8) is 0 Å². The van der Waals surface area contributed by atoms with Crippen LogP contribution >= 0.6 is 0 Å². The van der Waals surface area contributed by atoms with Gasteiger partial charge >= 0.3 is 0 Å². The van der Waals surface area contributed by atoms with Crippen molar-refractivity contribution in [3.05, 3.63) is 11.8 Å². The third-order valence-electron chi connectivity index (χ3n) is 1.25. The Morgan fingerprint density at radius 3 is 3.00 bits per heavy atom. The Labute approximate surface area is 49.5 Å². The van der Waals surface area contributed by atoms with Crippen LogP contribution in [0.5, 0.6) is 0 Å². The van der Waals surface area contributed by atoms with E-state index in [-0.39, 0.29) is 0 Å². The number of hydrogen-bond acceptors (Lipinski definition) is 2. The maximum absolute atomic E-state index is 4.99. The summed E-state index contributed by atoms with van der Waals surface area (Å²) in [5, 5.41) is 3.19. The van der Waals surface area contributed by atoms with Gasteiger partial charge in [-0.05, 0) is 19.0 Å². The van der Waals surface area contributed by atoms with Crippen molar-refractivity contribution in [2.75, 3.05) is 20.2 Å². The molecule has 0 saturated carbocycles. The first-order valence-corrected chi connectivity index (χ1v) is 2.87. The molecule has 0 radical (unpaired) electrons. The van der Waals surface area contributed by atoms with Crippen LogP contribution in [0.2, 0.25) is 0 Å². The summed E-state index contributed by atoms with van der Waals surface area (Å²) in [6, 6.07) is 0. The molecule has 1 heterocycles. The summed E-state index contributed by atoms with van der Waals surface area (Å²) >= 11 is 0. The molecule has 2 nitrogen and oxygen atoms in total. The maximum atomic E-state index is 4.99. The summed E-state index contributed by atoms with van der Waals surface area (Å²) in [4.78, 5) is 0. The molecule has 0 bridgehead atoms. The van der Waals surface area contributed by atoms with Gasteiger partial charge in [-0.15, -0.1) is 0 Å². The number of nitrogens with one attached hydrogen (secondary N) is 1. The molecule has 0 aromatic rings. The third kappa shape index (κ3) is 1.23. The molecule has 0 unspecified atom stereocenters. The Bertz CT molecular complexity index is 98.7. The fraction of sp³-hybridized carbons (Fsp3) is 0.667. The van der Waals surface area contributed by atoms with Gasteiger partial charge in [0.25, 0.3) is 0 Å². The molecule has 46 valence electrons. The molecule has 0 atom stereocenters. The Balaban J connectivity index is 2.37. The second kappa shape index (κ2) is 2.72. The van der Waals surface area contributed by atoms with E-state index >= 15 is 0 Å². The van der Waals surface area contributed by atoms with Crippen LogP contribution in [0.4, 0.5) is 0 Å². The minimum Gasteiger partial charge on any atom is -0.500 e. The normalized spacial score (nSPS) is 19.9. The van der Waals surface area contributed by atoms with Crippen LogP contribution in [-0.4, -0.2) is 20.2 Å². The van der Waals surface area contributed by atoms with Crippen molar-refractivity contribution in [3.8, 4) is 0 Å². The number of methoxy groups -OCH3 is 1. The quantitative estimate of drug-likeness (QED) is 0.535. The predicted octanol–water partition coefficient (Wildman–Crippen LogP) is 0.510. The second-order valence-corrected chi connectivity index (χ2v) is 1.84. The van der Waals surface area contributed by atoms with Crippen molar-refractivity contribution in [1.82, 2.24) is 5.32 Å². The van der Waals surface area contributed by atoms with Gasteiger partial charge in [0.15, 0.2) is 0 Å².